The van der Waals surface area contributed by atoms with Crippen LogP contribution >= 0.6 is 0 Å². The number of halogens is 2. The molecule has 0 spiro atoms. The lowest BCUT2D eigenvalue weighted by Crippen LogP contribution is -2.35. The lowest BCUT2D eigenvalue weighted by molar-refractivity contribution is -0.0493. The minimum atomic E-state index is -2.97. The van der Waals surface area contributed by atoms with Crippen molar-refractivity contribution in [1.82, 2.24) is 5.32 Å². The molecule has 1 aromatic rings. The number of carbonyl (C=O) groups is 1. The van der Waals surface area contributed by atoms with Crippen LogP contribution in [0.1, 0.15) is 19.8 Å². The summed E-state index contributed by atoms with van der Waals surface area (Å²) >= 11 is 0. The Morgan fingerprint density at radius 2 is 2.10 bits per heavy atom. The highest BCUT2D eigenvalue weighted by Gasteiger charge is 2.12. The lowest BCUT2D eigenvalue weighted by Gasteiger charge is -2.14. The van der Waals surface area contributed by atoms with Gasteiger partial charge in [-0.2, -0.15) is 8.78 Å². The van der Waals surface area contributed by atoms with Gasteiger partial charge >= 0.3 is 12.6 Å². The minimum Gasteiger partial charge on any atom is -0.433 e. The summed E-state index contributed by atoms with van der Waals surface area (Å²) in [6, 6.07) is 5.28. The standard InChI is InChI=1S/C13H18F2N2O3/c1-2-5-9(18)8-16-13(19)17-10-6-3-4-7-11(10)20-12(14)15/h3-4,6-7,9,12,18H,2,5,8H2,1H3,(H2,16,17,19). The number of carbonyl (C=O) groups excluding carboxylic acids is 1. The molecule has 0 bridgehead atoms. The molecule has 0 saturated carbocycles. The van der Waals surface area contributed by atoms with E-state index in [0.29, 0.717) is 6.42 Å². The second-order valence-corrected chi connectivity index (χ2v) is 4.15. The maximum absolute atomic E-state index is 12.2. The average molecular weight is 288 g/mol. The van der Waals surface area contributed by atoms with Crippen LogP contribution in [0.2, 0.25) is 0 Å². The van der Waals surface area contributed by atoms with Gasteiger partial charge in [0, 0.05) is 6.54 Å². The van der Waals surface area contributed by atoms with Gasteiger partial charge in [0.2, 0.25) is 0 Å². The van der Waals surface area contributed by atoms with Crippen molar-refractivity contribution in [3.8, 4) is 5.75 Å². The zero-order chi connectivity index (χ0) is 15.0. The summed E-state index contributed by atoms with van der Waals surface area (Å²) in [6.07, 6.45) is 0.749. The molecular formula is C13H18F2N2O3. The van der Waals surface area contributed by atoms with Gasteiger partial charge in [-0.05, 0) is 18.6 Å². The van der Waals surface area contributed by atoms with Crippen molar-refractivity contribution >= 4 is 11.7 Å². The van der Waals surface area contributed by atoms with Gasteiger partial charge in [-0.1, -0.05) is 25.5 Å². The van der Waals surface area contributed by atoms with Crippen LogP contribution in [0.5, 0.6) is 5.75 Å². The summed E-state index contributed by atoms with van der Waals surface area (Å²) in [4.78, 5) is 11.6. The fraction of sp³-hybridized carbons (Fsp3) is 0.462. The Kier molecular flexibility index (Phi) is 6.72. The van der Waals surface area contributed by atoms with Gasteiger partial charge < -0.3 is 20.5 Å². The highest BCUT2D eigenvalue weighted by molar-refractivity contribution is 5.90. The summed E-state index contributed by atoms with van der Waals surface area (Å²) in [5.41, 5.74) is 0.135. The Morgan fingerprint density at radius 3 is 2.75 bits per heavy atom. The number of urea groups is 1. The molecule has 7 heteroatoms. The monoisotopic (exact) mass is 288 g/mol. The van der Waals surface area contributed by atoms with Crippen LogP contribution in [-0.4, -0.2) is 30.4 Å². The van der Waals surface area contributed by atoms with E-state index in [2.05, 4.69) is 15.4 Å². The van der Waals surface area contributed by atoms with Crippen molar-refractivity contribution in [2.24, 2.45) is 0 Å². The van der Waals surface area contributed by atoms with E-state index in [-0.39, 0.29) is 18.0 Å². The number of ether oxygens (including phenoxy) is 1. The Morgan fingerprint density at radius 1 is 1.40 bits per heavy atom. The molecule has 0 aliphatic heterocycles. The van der Waals surface area contributed by atoms with Crippen molar-refractivity contribution in [2.75, 3.05) is 11.9 Å². The number of benzene rings is 1. The molecule has 0 aromatic heterocycles. The van der Waals surface area contributed by atoms with E-state index < -0.39 is 18.7 Å². The highest BCUT2D eigenvalue weighted by Crippen LogP contribution is 2.25. The summed E-state index contributed by atoms with van der Waals surface area (Å²) < 4.78 is 28.7. The van der Waals surface area contributed by atoms with E-state index in [1.54, 1.807) is 6.07 Å². The molecule has 1 atom stereocenters. The number of aliphatic hydroxyl groups excluding tert-OH is 1. The largest absolute Gasteiger partial charge is 0.433 e. The molecule has 0 aliphatic carbocycles. The summed E-state index contributed by atoms with van der Waals surface area (Å²) in [7, 11) is 0. The summed E-state index contributed by atoms with van der Waals surface area (Å²) in [5, 5.41) is 14.3. The molecule has 1 unspecified atom stereocenters. The predicted molar refractivity (Wildman–Crippen MR) is 71.0 cm³/mol. The van der Waals surface area contributed by atoms with Crippen LogP contribution in [-0.2, 0) is 0 Å². The smallest absolute Gasteiger partial charge is 0.387 e. The second kappa shape index (κ2) is 8.31. The molecule has 20 heavy (non-hydrogen) atoms. The zero-order valence-corrected chi connectivity index (χ0v) is 11.1. The van der Waals surface area contributed by atoms with E-state index in [1.165, 1.54) is 18.2 Å². The van der Waals surface area contributed by atoms with Gasteiger partial charge in [0.05, 0.1) is 11.8 Å². The van der Waals surface area contributed by atoms with Gasteiger partial charge in [0.25, 0.3) is 0 Å². The Balaban J connectivity index is 2.53. The third kappa shape index (κ3) is 5.83. The topological polar surface area (TPSA) is 70.6 Å². The van der Waals surface area contributed by atoms with Gasteiger partial charge in [0.1, 0.15) is 5.75 Å². The number of aliphatic hydroxyl groups is 1. The molecule has 0 radical (unpaired) electrons. The van der Waals surface area contributed by atoms with E-state index in [1.807, 2.05) is 6.92 Å². The van der Waals surface area contributed by atoms with Crippen LogP contribution in [0.4, 0.5) is 19.3 Å². The number of anilines is 1. The van der Waals surface area contributed by atoms with Crippen LogP contribution < -0.4 is 15.4 Å². The van der Waals surface area contributed by atoms with Gasteiger partial charge in [0.15, 0.2) is 0 Å². The predicted octanol–water partition coefficient (Wildman–Crippen LogP) is 2.57. The molecule has 0 fully saturated rings. The minimum absolute atomic E-state index is 0.0948. The maximum atomic E-state index is 12.2. The number of alkyl halides is 2. The first-order valence-electron chi connectivity index (χ1n) is 6.29. The molecular weight excluding hydrogens is 270 g/mol. The SMILES string of the molecule is CCCC(O)CNC(=O)Nc1ccccc1OC(F)F. The maximum Gasteiger partial charge on any atom is 0.387 e. The molecule has 0 saturated heterocycles. The second-order valence-electron chi connectivity index (χ2n) is 4.15. The third-order valence-corrected chi connectivity index (χ3v) is 2.47. The Bertz CT molecular complexity index is 430. The van der Waals surface area contributed by atoms with Crippen molar-refractivity contribution in [2.45, 2.75) is 32.5 Å². The molecule has 2 amide bonds. The first-order valence-corrected chi connectivity index (χ1v) is 6.29. The number of nitrogens with one attached hydrogen (secondary N) is 2. The fourth-order valence-electron chi connectivity index (χ4n) is 1.58. The van der Waals surface area contributed by atoms with Crippen molar-refractivity contribution < 1.29 is 23.4 Å². The van der Waals surface area contributed by atoms with E-state index >= 15 is 0 Å². The Hall–Kier alpha value is -1.89. The molecule has 0 heterocycles. The van der Waals surface area contributed by atoms with E-state index in [9.17, 15) is 18.7 Å². The van der Waals surface area contributed by atoms with Gasteiger partial charge in [-0.3, -0.25) is 0 Å². The fourth-order valence-corrected chi connectivity index (χ4v) is 1.58. The van der Waals surface area contributed by atoms with E-state index in [4.69, 9.17) is 0 Å². The molecule has 1 aromatic carbocycles. The van der Waals surface area contributed by atoms with Crippen LogP contribution in [0.25, 0.3) is 0 Å². The quantitative estimate of drug-likeness (QED) is 0.722. The average Bonchev–Trinajstić information content (AvgIpc) is 2.38. The first-order chi connectivity index (χ1) is 9.52. The van der Waals surface area contributed by atoms with Crippen molar-refractivity contribution in [1.29, 1.82) is 0 Å². The van der Waals surface area contributed by atoms with E-state index in [0.717, 1.165) is 6.42 Å². The first kappa shape index (κ1) is 16.2. The summed E-state index contributed by atoms with van der Waals surface area (Å²) in [6.45, 7) is -0.953. The summed E-state index contributed by atoms with van der Waals surface area (Å²) in [5.74, 6) is -0.119. The number of amides is 2. The highest BCUT2D eigenvalue weighted by atomic mass is 19.3. The van der Waals surface area contributed by atoms with Gasteiger partial charge in [-0.25, -0.2) is 4.79 Å². The molecule has 112 valence electrons. The number of rotatable bonds is 7. The Labute approximate surface area is 115 Å². The number of hydrogen-bond donors (Lipinski definition) is 3. The molecule has 3 N–H and O–H groups in total. The van der Waals surface area contributed by atoms with Crippen LogP contribution in [0.15, 0.2) is 24.3 Å². The lowest BCUT2D eigenvalue weighted by atomic mass is 10.2. The third-order valence-electron chi connectivity index (χ3n) is 2.47. The van der Waals surface area contributed by atoms with Crippen molar-refractivity contribution in [3.63, 3.8) is 0 Å². The number of hydrogen-bond acceptors (Lipinski definition) is 3. The van der Waals surface area contributed by atoms with Crippen LogP contribution in [0.3, 0.4) is 0 Å². The normalized spacial score (nSPS) is 12.1. The number of para-hydroxylation sites is 2. The molecule has 0 aliphatic rings. The van der Waals surface area contributed by atoms with Crippen LogP contribution in [0, 0.1) is 0 Å². The zero-order valence-electron chi connectivity index (χ0n) is 11.1. The van der Waals surface area contributed by atoms with Crippen molar-refractivity contribution in [3.05, 3.63) is 24.3 Å². The molecule has 1 rings (SSSR count). The molecule has 5 nitrogen and oxygen atoms in total. The van der Waals surface area contributed by atoms with Gasteiger partial charge in [-0.15, -0.1) is 0 Å².